The van der Waals surface area contributed by atoms with Crippen LogP contribution in [0.2, 0.25) is 0 Å². The SMILES string of the molecule is Cc1ccc(CNCc2ccccc2C(F)(F)F)cc1Br. The molecule has 0 fully saturated rings. The number of nitrogens with one attached hydrogen (secondary N) is 1. The van der Waals surface area contributed by atoms with Gasteiger partial charge in [-0.2, -0.15) is 13.2 Å². The molecule has 0 radical (unpaired) electrons. The molecule has 0 aliphatic heterocycles. The molecule has 0 heterocycles. The molecule has 0 aliphatic carbocycles. The first-order valence-corrected chi connectivity index (χ1v) is 7.28. The molecule has 0 unspecified atom stereocenters. The average molecular weight is 358 g/mol. The third kappa shape index (κ3) is 4.32. The van der Waals surface area contributed by atoms with Gasteiger partial charge in [0, 0.05) is 17.6 Å². The number of halogens is 4. The molecule has 0 bridgehead atoms. The molecule has 5 heteroatoms. The van der Waals surface area contributed by atoms with Gasteiger partial charge in [-0.25, -0.2) is 0 Å². The van der Waals surface area contributed by atoms with Crippen LogP contribution >= 0.6 is 15.9 Å². The van der Waals surface area contributed by atoms with E-state index in [0.717, 1.165) is 21.7 Å². The predicted molar refractivity (Wildman–Crippen MR) is 80.9 cm³/mol. The minimum absolute atomic E-state index is 0.182. The molecular weight excluding hydrogens is 343 g/mol. The van der Waals surface area contributed by atoms with E-state index >= 15 is 0 Å². The zero-order valence-corrected chi connectivity index (χ0v) is 13.1. The maximum atomic E-state index is 12.9. The maximum Gasteiger partial charge on any atom is 0.416 e. The molecule has 2 rings (SSSR count). The summed E-state index contributed by atoms with van der Waals surface area (Å²) in [5.41, 5.74) is 1.83. The summed E-state index contributed by atoms with van der Waals surface area (Å²) in [5, 5.41) is 3.06. The second-order valence-electron chi connectivity index (χ2n) is 4.84. The van der Waals surface area contributed by atoms with Gasteiger partial charge in [0.2, 0.25) is 0 Å². The lowest BCUT2D eigenvalue weighted by atomic mass is 10.1. The van der Waals surface area contributed by atoms with Crippen LogP contribution in [0, 0.1) is 6.92 Å². The molecule has 0 spiro atoms. The zero-order valence-electron chi connectivity index (χ0n) is 11.5. The highest BCUT2D eigenvalue weighted by Gasteiger charge is 2.32. The summed E-state index contributed by atoms with van der Waals surface area (Å²) < 4.78 is 39.6. The van der Waals surface area contributed by atoms with E-state index in [0.29, 0.717) is 6.54 Å². The largest absolute Gasteiger partial charge is 0.416 e. The molecule has 1 nitrogen and oxygen atoms in total. The predicted octanol–water partition coefficient (Wildman–Crippen LogP) is 5.07. The Morgan fingerprint density at radius 1 is 1.05 bits per heavy atom. The third-order valence-corrected chi connectivity index (χ3v) is 4.06. The van der Waals surface area contributed by atoms with E-state index < -0.39 is 11.7 Å². The summed E-state index contributed by atoms with van der Waals surface area (Å²) >= 11 is 3.44. The standard InChI is InChI=1S/C16H15BrF3N/c1-11-6-7-12(8-15(11)17)9-21-10-13-4-2-3-5-14(13)16(18,19)20/h2-8,21H,9-10H2,1H3. The van der Waals surface area contributed by atoms with Crippen molar-refractivity contribution in [1.82, 2.24) is 5.32 Å². The number of aryl methyl sites for hydroxylation is 1. The van der Waals surface area contributed by atoms with E-state index in [1.807, 2.05) is 25.1 Å². The van der Waals surface area contributed by atoms with Crippen LogP contribution in [-0.4, -0.2) is 0 Å². The Labute approximate surface area is 130 Å². The van der Waals surface area contributed by atoms with Crippen LogP contribution in [0.1, 0.15) is 22.3 Å². The van der Waals surface area contributed by atoms with E-state index in [1.165, 1.54) is 12.1 Å². The molecular formula is C16H15BrF3N. The molecule has 21 heavy (non-hydrogen) atoms. The molecule has 2 aromatic carbocycles. The second kappa shape index (κ2) is 6.62. The first-order chi connectivity index (χ1) is 9.88. The summed E-state index contributed by atoms with van der Waals surface area (Å²) in [7, 11) is 0. The monoisotopic (exact) mass is 357 g/mol. The molecule has 0 saturated heterocycles. The van der Waals surface area contributed by atoms with Crippen LogP contribution in [0.4, 0.5) is 13.2 Å². The van der Waals surface area contributed by atoms with Crippen LogP contribution in [0.5, 0.6) is 0 Å². The summed E-state index contributed by atoms with van der Waals surface area (Å²) in [5.74, 6) is 0. The molecule has 1 N–H and O–H groups in total. The lowest BCUT2D eigenvalue weighted by Gasteiger charge is -2.13. The van der Waals surface area contributed by atoms with Crippen molar-refractivity contribution in [3.63, 3.8) is 0 Å². The van der Waals surface area contributed by atoms with Crippen LogP contribution in [-0.2, 0) is 19.3 Å². The minimum Gasteiger partial charge on any atom is -0.309 e. The number of hydrogen-bond donors (Lipinski definition) is 1. The molecule has 112 valence electrons. The lowest BCUT2D eigenvalue weighted by molar-refractivity contribution is -0.138. The van der Waals surface area contributed by atoms with E-state index in [9.17, 15) is 13.2 Å². The number of hydrogen-bond acceptors (Lipinski definition) is 1. The van der Waals surface area contributed by atoms with Gasteiger partial charge in [0.05, 0.1) is 5.56 Å². The normalized spacial score (nSPS) is 11.7. The first-order valence-electron chi connectivity index (χ1n) is 6.49. The first kappa shape index (κ1) is 16.0. The van der Waals surface area contributed by atoms with E-state index in [-0.39, 0.29) is 12.1 Å². The van der Waals surface area contributed by atoms with Gasteiger partial charge in [0.25, 0.3) is 0 Å². The summed E-state index contributed by atoms with van der Waals surface area (Å²) in [6, 6.07) is 11.5. The number of benzene rings is 2. The summed E-state index contributed by atoms with van der Waals surface area (Å²) in [4.78, 5) is 0. The average Bonchev–Trinajstić information content (AvgIpc) is 2.42. The Kier molecular flexibility index (Phi) is 5.06. The van der Waals surface area contributed by atoms with Crippen molar-refractivity contribution in [2.45, 2.75) is 26.2 Å². The van der Waals surface area contributed by atoms with E-state index in [1.54, 1.807) is 6.07 Å². The molecule has 2 aromatic rings. The number of alkyl halides is 3. The Hall–Kier alpha value is -1.33. The fourth-order valence-electron chi connectivity index (χ4n) is 2.04. The Bertz CT molecular complexity index is 623. The Morgan fingerprint density at radius 2 is 1.76 bits per heavy atom. The zero-order chi connectivity index (χ0) is 15.5. The van der Waals surface area contributed by atoms with Gasteiger partial charge in [0.1, 0.15) is 0 Å². The molecule has 0 atom stereocenters. The highest BCUT2D eigenvalue weighted by molar-refractivity contribution is 9.10. The van der Waals surface area contributed by atoms with Crippen molar-refractivity contribution in [1.29, 1.82) is 0 Å². The van der Waals surface area contributed by atoms with Gasteiger partial charge in [-0.15, -0.1) is 0 Å². The van der Waals surface area contributed by atoms with Crippen molar-refractivity contribution in [2.75, 3.05) is 0 Å². The quantitative estimate of drug-likeness (QED) is 0.805. The van der Waals surface area contributed by atoms with Crippen molar-refractivity contribution in [3.05, 3.63) is 69.2 Å². The van der Waals surface area contributed by atoms with Crippen LogP contribution in [0.25, 0.3) is 0 Å². The Balaban J connectivity index is 2.02. The van der Waals surface area contributed by atoms with Gasteiger partial charge in [-0.1, -0.05) is 46.3 Å². The number of rotatable bonds is 4. The smallest absolute Gasteiger partial charge is 0.309 e. The third-order valence-electron chi connectivity index (χ3n) is 3.20. The van der Waals surface area contributed by atoms with Gasteiger partial charge in [-0.05, 0) is 35.7 Å². The highest BCUT2D eigenvalue weighted by atomic mass is 79.9. The summed E-state index contributed by atoms with van der Waals surface area (Å²) in [6.45, 7) is 2.69. The topological polar surface area (TPSA) is 12.0 Å². The van der Waals surface area contributed by atoms with Crippen molar-refractivity contribution in [3.8, 4) is 0 Å². The second-order valence-corrected chi connectivity index (χ2v) is 5.70. The van der Waals surface area contributed by atoms with E-state index in [2.05, 4.69) is 21.2 Å². The summed E-state index contributed by atoms with van der Waals surface area (Å²) in [6.07, 6.45) is -4.31. The van der Waals surface area contributed by atoms with Crippen molar-refractivity contribution < 1.29 is 13.2 Å². The maximum absolute atomic E-state index is 12.9. The van der Waals surface area contributed by atoms with Gasteiger partial charge in [-0.3, -0.25) is 0 Å². The van der Waals surface area contributed by atoms with Gasteiger partial charge in [0.15, 0.2) is 0 Å². The van der Waals surface area contributed by atoms with Crippen molar-refractivity contribution in [2.24, 2.45) is 0 Å². The van der Waals surface area contributed by atoms with E-state index in [4.69, 9.17) is 0 Å². The molecule has 0 saturated carbocycles. The van der Waals surface area contributed by atoms with Crippen LogP contribution in [0.3, 0.4) is 0 Å². The van der Waals surface area contributed by atoms with Gasteiger partial charge < -0.3 is 5.32 Å². The van der Waals surface area contributed by atoms with Gasteiger partial charge >= 0.3 is 6.18 Å². The fraction of sp³-hybridized carbons (Fsp3) is 0.250. The lowest BCUT2D eigenvalue weighted by Crippen LogP contribution is -2.17. The van der Waals surface area contributed by atoms with Crippen LogP contribution in [0.15, 0.2) is 46.9 Å². The molecule has 0 amide bonds. The Morgan fingerprint density at radius 3 is 2.43 bits per heavy atom. The van der Waals surface area contributed by atoms with Crippen molar-refractivity contribution >= 4 is 15.9 Å². The minimum atomic E-state index is -4.31. The molecule has 0 aromatic heterocycles. The molecule has 0 aliphatic rings. The fourth-order valence-corrected chi connectivity index (χ4v) is 2.47. The van der Waals surface area contributed by atoms with Crippen LogP contribution < -0.4 is 5.32 Å². The highest BCUT2D eigenvalue weighted by Crippen LogP contribution is 2.31.